The molecule has 2 rings (SSSR count). The van der Waals surface area contributed by atoms with Gasteiger partial charge in [-0.15, -0.1) is 0 Å². The molecule has 5 atom stereocenters. The maximum absolute atomic E-state index is 9.42. The van der Waals surface area contributed by atoms with Crippen molar-refractivity contribution in [2.75, 3.05) is 0 Å². The van der Waals surface area contributed by atoms with Crippen molar-refractivity contribution in [3.8, 4) is 6.07 Å². The number of aliphatic hydroxyl groups is 1. The van der Waals surface area contributed by atoms with Crippen LogP contribution in [0.5, 0.6) is 0 Å². The van der Waals surface area contributed by atoms with Gasteiger partial charge in [0.25, 0.3) is 0 Å². The summed E-state index contributed by atoms with van der Waals surface area (Å²) in [5.41, 5.74) is 0. The van der Waals surface area contributed by atoms with Crippen LogP contribution in [0.3, 0.4) is 0 Å². The molecule has 1 N–H and O–H groups in total. The second-order valence-corrected chi connectivity index (χ2v) is 4.50. The fourth-order valence-corrected chi connectivity index (χ4v) is 2.12. The van der Waals surface area contributed by atoms with E-state index in [1.54, 1.807) is 6.07 Å². The first-order valence-corrected chi connectivity index (χ1v) is 5.03. The molecule has 84 valence electrons. The van der Waals surface area contributed by atoms with Crippen LogP contribution in [0.1, 0.15) is 20.8 Å². The Kier molecular flexibility index (Phi) is 2.47. The lowest BCUT2D eigenvalue weighted by atomic mass is 9.97. The molecule has 0 radical (unpaired) electrons. The highest BCUT2D eigenvalue weighted by Gasteiger charge is 2.54. The Hall–Kier alpha value is -0.670. The Morgan fingerprint density at radius 3 is 2.60 bits per heavy atom. The van der Waals surface area contributed by atoms with Gasteiger partial charge in [0.2, 0.25) is 0 Å². The van der Waals surface area contributed by atoms with Gasteiger partial charge >= 0.3 is 0 Å². The van der Waals surface area contributed by atoms with Crippen LogP contribution in [-0.2, 0) is 14.2 Å². The molecule has 0 aromatic heterocycles. The Morgan fingerprint density at radius 2 is 2.07 bits per heavy atom. The molecule has 0 saturated carbocycles. The molecule has 0 amide bonds. The summed E-state index contributed by atoms with van der Waals surface area (Å²) in [6, 6.07) is 1.77. The average Bonchev–Trinajstić information content (AvgIpc) is 2.60. The molecule has 2 saturated heterocycles. The Balaban J connectivity index is 2.09. The summed E-state index contributed by atoms with van der Waals surface area (Å²) in [4.78, 5) is 0. The molecule has 0 bridgehead atoms. The van der Waals surface area contributed by atoms with Gasteiger partial charge in [0.1, 0.15) is 12.2 Å². The van der Waals surface area contributed by atoms with Crippen LogP contribution >= 0.6 is 0 Å². The summed E-state index contributed by atoms with van der Waals surface area (Å²) in [6.07, 6.45) is -2.32. The summed E-state index contributed by atoms with van der Waals surface area (Å²) in [5, 5.41) is 18.0. The SMILES string of the molecule is CC1[C@H]([C@@H](O)C#N)O[C@H]2OC(C)(C)O[C@@H]12. The molecule has 15 heavy (non-hydrogen) atoms. The summed E-state index contributed by atoms with van der Waals surface area (Å²) >= 11 is 0. The molecule has 1 unspecified atom stereocenters. The quantitative estimate of drug-likeness (QED) is 0.638. The van der Waals surface area contributed by atoms with Gasteiger partial charge in [-0.1, -0.05) is 6.92 Å². The van der Waals surface area contributed by atoms with E-state index in [2.05, 4.69) is 0 Å². The molecule has 2 aliphatic rings. The van der Waals surface area contributed by atoms with Crippen molar-refractivity contribution in [1.82, 2.24) is 0 Å². The zero-order valence-electron chi connectivity index (χ0n) is 9.01. The minimum Gasteiger partial charge on any atom is -0.375 e. The average molecular weight is 213 g/mol. The van der Waals surface area contributed by atoms with Crippen LogP contribution in [0.4, 0.5) is 0 Å². The number of ether oxygens (including phenoxy) is 3. The summed E-state index contributed by atoms with van der Waals surface area (Å²) in [6.45, 7) is 5.52. The zero-order chi connectivity index (χ0) is 11.2. The Labute approximate surface area is 88.5 Å². The van der Waals surface area contributed by atoms with Crippen molar-refractivity contribution in [2.45, 2.75) is 51.2 Å². The normalized spacial score (nSPS) is 44.7. The number of nitrogens with zero attached hydrogens (tertiary/aromatic N) is 1. The van der Waals surface area contributed by atoms with E-state index in [-0.39, 0.29) is 12.0 Å². The van der Waals surface area contributed by atoms with E-state index in [4.69, 9.17) is 19.5 Å². The second-order valence-electron chi connectivity index (χ2n) is 4.50. The molecular weight excluding hydrogens is 198 g/mol. The third-order valence-electron chi connectivity index (χ3n) is 2.86. The minimum atomic E-state index is -1.12. The van der Waals surface area contributed by atoms with Crippen molar-refractivity contribution in [2.24, 2.45) is 5.92 Å². The van der Waals surface area contributed by atoms with Gasteiger partial charge < -0.3 is 19.3 Å². The van der Waals surface area contributed by atoms with E-state index >= 15 is 0 Å². The topological polar surface area (TPSA) is 71.7 Å². The van der Waals surface area contributed by atoms with Gasteiger partial charge in [0.05, 0.1) is 6.07 Å². The fraction of sp³-hybridized carbons (Fsp3) is 0.900. The van der Waals surface area contributed by atoms with Crippen molar-refractivity contribution in [1.29, 1.82) is 5.26 Å². The monoisotopic (exact) mass is 213 g/mol. The second kappa shape index (κ2) is 3.42. The lowest BCUT2D eigenvalue weighted by Crippen LogP contribution is -2.34. The van der Waals surface area contributed by atoms with Crippen molar-refractivity contribution < 1.29 is 19.3 Å². The van der Waals surface area contributed by atoms with E-state index in [0.717, 1.165) is 0 Å². The predicted octanol–water partition coefficient (Wildman–Crippen LogP) is 0.383. The summed E-state index contributed by atoms with van der Waals surface area (Å²) in [5.74, 6) is -0.696. The maximum atomic E-state index is 9.42. The largest absolute Gasteiger partial charge is 0.375 e. The number of aliphatic hydroxyl groups excluding tert-OH is 1. The van der Waals surface area contributed by atoms with E-state index in [9.17, 15) is 5.11 Å². The molecular formula is C10H15NO4. The number of nitriles is 1. The lowest BCUT2D eigenvalue weighted by Gasteiger charge is -2.23. The summed E-state index contributed by atoms with van der Waals surface area (Å²) in [7, 11) is 0. The summed E-state index contributed by atoms with van der Waals surface area (Å²) < 4.78 is 16.6. The van der Waals surface area contributed by atoms with E-state index in [0.29, 0.717) is 0 Å². The van der Waals surface area contributed by atoms with Crippen molar-refractivity contribution >= 4 is 0 Å². The van der Waals surface area contributed by atoms with Crippen LogP contribution < -0.4 is 0 Å². The molecule has 5 nitrogen and oxygen atoms in total. The first kappa shape index (κ1) is 10.8. The van der Waals surface area contributed by atoms with Gasteiger partial charge in [0, 0.05) is 5.92 Å². The molecule has 0 aliphatic carbocycles. The molecule has 2 fully saturated rings. The van der Waals surface area contributed by atoms with E-state index < -0.39 is 24.3 Å². The van der Waals surface area contributed by atoms with Crippen LogP contribution in [-0.4, -0.2) is 35.5 Å². The highest BCUT2D eigenvalue weighted by molar-refractivity contribution is 4.99. The standard InChI is InChI=1S/C10H15NO4/c1-5-7(6(12)4-11)13-9-8(5)14-10(2,3)15-9/h5-9,12H,1-3H3/t5?,6-,7+,8-,9-/m0/s1. The molecule has 0 aromatic carbocycles. The Bertz CT molecular complexity index is 298. The molecule has 2 heterocycles. The first-order valence-electron chi connectivity index (χ1n) is 5.03. The maximum Gasteiger partial charge on any atom is 0.188 e. The van der Waals surface area contributed by atoms with Gasteiger partial charge in [-0.2, -0.15) is 5.26 Å². The van der Waals surface area contributed by atoms with Crippen LogP contribution in [0, 0.1) is 17.2 Å². The zero-order valence-corrected chi connectivity index (χ0v) is 9.01. The van der Waals surface area contributed by atoms with Crippen LogP contribution in [0.25, 0.3) is 0 Å². The predicted molar refractivity (Wildman–Crippen MR) is 49.5 cm³/mol. The lowest BCUT2D eigenvalue weighted by molar-refractivity contribution is -0.216. The number of fused-ring (bicyclic) bond motifs is 1. The number of rotatable bonds is 1. The van der Waals surface area contributed by atoms with E-state index in [1.165, 1.54) is 0 Å². The fourth-order valence-electron chi connectivity index (χ4n) is 2.12. The van der Waals surface area contributed by atoms with Crippen LogP contribution in [0.15, 0.2) is 0 Å². The molecule has 0 aromatic rings. The highest BCUT2D eigenvalue weighted by atomic mass is 16.8. The smallest absolute Gasteiger partial charge is 0.188 e. The van der Waals surface area contributed by atoms with E-state index in [1.807, 2.05) is 20.8 Å². The van der Waals surface area contributed by atoms with Crippen LogP contribution in [0.2, 0.25) is 0 Å². The van der Waals surface area contributed by atoms with Crippen molar-refractivity contribution in [3.05, 3.63) is 0 Å². The van der Waals surface area contributed by atoms with Gasteiger partial charge in [0.15, 0.2) is 18.2 Å². The molecule has 0 spiro atoms. The highest BCUT2D eigenvalue weighted by Crippen LogP contribution is 2.41. The molecule has 2 aliphatic heterocycles. The minimum absolute atomic E-state index is 0.0496. The third kappa shape index (κ3) is 1.74. The molecule has 5 heteroatoms. The number of hydrogen-bond acceptors (Lipinski definition) is 5. The van der Waals surface area contributed by atoms with Gasteiger partial charge in [-0.3, -0.25) is 0 Å². The first-order chi connectivity index (χ1) is 6.94. The number of hydrogen-bond donors (Lipinski definition) is 1. The third-order valence-corrected chi connectivity index (χ3v) is 2.86. The van der Waals surface area contributed by atoms with Crippen molar-refractivity contribution in [3.63, 3.8) is 0 Å². The Morgan fingerprint density at radius 1 is 1.40 bits per heavy atom. The van der Waals surface area contributed by atoms with Gasteiger partial charge in [-0.25, -0.2) is 0 Å². The van der Waals surface area contributed by atoms with Gasteiger partial charge in [-0.05, 0) is 13.8 Å².